The lowest BCUT2D eigenvalue weighted by Crippen LogP contribution is -2.44. The Morgan fingerprint density at radius 2 is 2.07 bits per heavy atom. The van der Waals surface area contributed by atoms with E-state index in [9.17, 15) is 4.39 Å². The molecule has 0 saturated carbocycles. The molecule has 3 heterocycles. The number of aromatic nitrogens is 2. The molecule has 0 aliphatic carbocycles. The summed E-state index contributed by atoms with van der Waals surface area (Å²) in [5.41, 5.74) is 0.988. The second kappa shape index (κ2) is 10.4. The minimum absolute atomic E-state index is 0. The Hall–Kier alpha value is -2.69. The maximum absolute atomic E-state index is 14.0. The van der Waals surface area contributed by atoms with Gasteiger partial charge in [-0.25, -0.2) is 14.4 Å². The smallest absolute Gasteiger partial charge is 0.214 e. The van der Waals surface area contributed by atoms with E-state index >= 15 is 0 Å². The van der Waals surface area contributed by atoms with E-state index in [0.717, 1.165) is 24.3 Å². The van der Waals surface area contributed by atoms with Crippen molar-refractivity contribution < 1.29 is 8.81 Å². The van der Waals surface area contributed by atoms with Crippen LogP contribution >= 0.6 is 24.0 Å². The van der Waals surface area contributed by atoms with Gasteiger partial charge in [-0.05, 0) is 18.6 Å². The first-order chi connectivity index (χ1) is 14.2. The fourth-order valence-electron chi connectivity index (χ4n) is 3.36. The predicted molar refractivity (Wildman–Crippen MR) is 126 cm³/mol. The Labute approximate surface area is 191 Å². The van der Waals surface area contributed by atoms with Gasteiger partial charge in [0.15, 0.2) is 23.4 Å². The molecule has 4 rings (SSSR count). The van der Waals surface area contributed by atoms with Gasteiger partial charge in [0, 0.05) is 37.9 Å². The number of aliphatic imine (C=N–C) groups is 1. The molecule has 0 radical (unpaired) electrons. The van der Waals surface area contributed by atoms with Gasteiger partial charge in [-0.1, -0.05) is 30.3 Å². The molecular weight excluding hydrogens is 498 g/mol. The molecule has 1 aliphatic heterocycles. The van der Waals surface area contributed by atoms with E-state index in [0.29, 0.717) is 30.8 Å². The van der Waals surface area contributed by atoms with E-state index in [1.165, 1.54) is 6.07 Å². The minimum Gasteiger partial charge on any atom is -0.439 e. The van der Waals surface area contributed by atoms with Crippen LogP contribution in [0.3, 0.4) is 0 Å². The Balaban J connectivity index is 0.00000256. The highest BCUT2D eigenvalue weighted by atomic mass is 127. The monoisotopic (exact) mass is 522 g/mol. The van der Waals surface area contributed by atoms with E-state index in [4.69, 9.17) is 4.42 Å². The average Bonchev–Trinajstić information content (AvgIpc) is 3.42. The van der Waals surface area contributed by atoms with Gasteiger partial charge < -0.3 is 20.0 Å². The third-order valence-corrected chi connectivity index (χ3v) is 4.81. The average molecular weight is 522 g/mol. The zero-order chi connectivity index (χ0) is 20.1. The largest absolute Gasteiger partial charge is 0.439 e. The zero-order valence-electron chi connectivity index (χ0n) is 16.6. The summed E-state index contributed by atoms with van der Waals surface area (Å²) in [5.74, 6) is 2.06. The number of halogens is 2. The molecule has 1 unspecified atom stereocenters. The number of rotatable bonds is 5. The third kappa shape index (κ3) is 5.26. The summed E-state index contributed by atoms with van der Waals surface area (Å²) in [6.45, 7) is 1.81. The second-order valence-electron chi connectivity index (χ2n) is 6.79. The van der Waals surface area contributed by atoms with E-state index in [-0.39, 0.29) is 35.8 Å². The number of pyridine rings is 1. The van der Waals surface area contributed by atoms with Gasteiger partial charge in [0.25, 0.3) is 0 Å². The van der Waals surface area contributed by atoms with Crippen LogP contribution in [0.4, 0.5) is 10.2 Å². The number of guanidine groups is 1. The first-order valence-corrected chi connectivity index (χ1v) is 9.55. The molecule has 1 aromatic carbocycles. The molecular formula is C21H24FIN6O. The van der Waals surface area contributed by atoms with Gasteiger partial charge in [0.2, 0.25) is 5.89 Å². The fraction of sp³-hybridized carbons (Fsp3) is 0.286. The molecule has 1 aliphatic rings. The normalized spacial score (nSPS) is 16.3. The van der Waals surface area contributed by atoms with Crippen molar-refractivity contribution in [1.29, 1.82) is 0 Å². The molecule has 0 spiro atoms. The molecule has 7 nitrogen and oxygen atoms in total. The van der Waals surface area contributed by atoms with Gasteiger partial charge in [0.05, 0.1) is 12.7 Å². The summed E-state index contributed by atoms with van der Waals surface area (Å²) < 4.78 is 19.8. The number of anilines is 1. The van der Waals surface area contributed by atoms with Gasteiger partial charge in [-0.15, -0.1) is 24.0 Å². The van der Waals surface area contributed by atoms with Crippen molar-refractivity contribution >= 4 is 35.8 Å². The Morgan fingerprint density at radius 1 is 1.23 bits per heavy atom. The fourth-order valence-corrected chi connectivity index (χ4v) is 3.36. The third-order valence-electron chi connectivity index (χ3n) is 4.81. The zero-order valence-corrected chi connectivity index (χ0v) is 18.9. The lowest BCUT2D eigenvalue weighted by Gasteiger charge is -2.19. The quantitative estimate of drug-likeness (QED) is 0.304. The first kappa shape index (κ1) is 22.0. The Kier molecular flexibility index (Phi) is 7.61. The highest BCUT2D eigenvalue weighted by Gasteiger charge is 2.26. The second-order valence-corrected chi connectivity index (χ2v) is 6.79. The molecule has 158 valence electrons. The van der Waals surface area contributed by atoms with Crippen LogP contribution in [0, 0.1) is 5.82 Å². The van der Waals surface area contributed by atoms with E-state index < -0.39 is 0 Å². The standard InChI is InChI=1S/C21H23FN6O.HI/c1-23-21(26-13-19-25-12-18(29-19)15-6-3-2-4-7-15)27-16-9-11-28(14-16)20-17(22)8-5-10-24-20;/h2-8,10,12,16H,9,11,13-14H2,1H3,(H2,23,26,27);1H. The van der Waals surface area contributed by atoms with Crippen LogP contribution in [0.1, 0.15) is 12.3 Å². The van der Waals surface area contributed by atoms with Gasteiger partial charge >= 0.3 is 0 Å². The van der Waals surface area contributed by atoms with Crippen LogP contribution in [0.2, 0.25) is 0 Å². The number of nitrogens with zero attached hydrogens (tertiary/aromatic N) is 4. The summed E-state index contributed by atoms with van der Waals surface area (Å²) in [4.78, 5) is 14.7. The number of benzene rings is 1. The number of oxazole rings is 1. The van der Waals surface area contributed by atoms with Crippen molar-refractivity contribution in [3.63, 3.8) is 0 Å². The van der Waals surface area contributed by atoms with Crippen molar-refractivity contribution in [1.82, 2.24) is 20.6 Å². The maximum Gasteiger partial charge on any atom is 0.214 e. The summed E-state index contributed by atoms with van der Waals surface area (Å²) in [7, 11) is 1.71. The molecule has 9 heteroatoms. The number of hydrogen-bond acceptors (Lipinski definition) is 5. The summed E-state index contributed by atoms with van der Waals surface area (Å²) in [5, 5.41) is 6.59. The molecule has 2 N–H and O–H groups in total. The van der Waals surface area contributed by atoms with Gasteiger partial charge in [-0.3, -0.25) is 4.99 Å². The van der Waals surface area contributed by atoms with E-state index in [2.05, 4.69) is 25.6 Å². The van der Waals surface area contributed by atoms with Crippen molar-refractivity contribution in [2.75, 3.05) is 25.0 Å². The lowest BCUT2D eigenvalue weighted by molar-refractivity contribution is 0.496. The van der Waals surface area contributed by atoms with Crippen LogP contribution in [-0.2, 0) is 6.54 Å². The number of nitrogens with one attached hydrogen (secondary N) is 2. The summed E-state index contributed by atoms with van der Waals surface area (Å²) >= 11 is 0. The minimum atomic E-state index is -0.297. The lowest BCUT2D eigenvalue weighted by atomic mass is 10.2. The Bertz CT molecular complexity index is 980. The highest BCUT2D eigenvalue weighted by molar-refractivity contribution is 14.0. The molecule has 1 atom stereocenters. The molecule has 3 aromatic rings. The van der Waals surface area contributed by atoms with Crippen molar-refractivity contribution in [3.8, 4) is 11.3 Å². The first-order valence-electron chi connectivity index (χ1n) is 9.55. The van der Waals surface area contributed by atoms with Crippen LogP contribution in [0.15, 0.2) is 64.3 Å². The van der Waals surface area contributed by atoms with Crippen molar-refractivity contribution in [2.45, 2.75) is 19.0 Å². The van der Waals surface area contributed by atoms with Crippen molar-refractivity contribution in [3.05, 3.63) is 66.6 Å². The SMILES string of the molecule is CN=C(NCc1ncc(-c2ccccc2)o1)NC1CCN(c2ncccc2F)C1.I. The Morgan fingerprint density at radius 3 is 2.83 bits per heavy atom. The van der Waals surface area contributed by atoms with E-state index in [1.807, 2.05) is 35.2 Å². The molecule has 1 saturated heterocycles. The number of hydrogen-bond donors (Lipinski definition) is 2. The highest BCUT2D eigenvalue weighted by Crippen LogP contribution is 2.21. The van der Waals surface area contributed by atoms with Gasteiger partial charge in [-0.2, -0.15) is 0 Å². The summed E-state index contributed by atoms with van der Waals surface area (Å²) in [6.07, 6.45) is 4.20. The van der Waals surface area contributed by atoms with Gasteiger partial charge in [0.1, 0.15) is 0 Å². The van der Waals surface area contributed by atoms with Crippen LogP contribution < -0.4 is 15.5 Å². The van der Waals surface area contributed by atoms with Crippen LogP contribution in [0.25, 0.3) is 11.3 Å². The maximum atomic E-state index is 14.0. The van der Waals surface area contributed by atoms with Crippen molar-refractivity contribution in [2.24, 2.45) is 4.99 Å². The van der Waals surface area contributed by atoms with E-state index in [1.54, 1.807) is 25.5 Å². The predicted octanol–water partition coefficient (Wildman–Crippen LogP) is 3.44. The van der Waals surface area contributed by atoms with Crippen LogP contribution in [0.5, 0.6) is 0 Å². The topological polar surface area (TPSA) is 78.6 Å². The summed E-state index contributed by atoms with van der Waals surface area (Å²) in [6, 6.07) is 13.0. The molecule has 0 amide bonds. The molecule has 0 bridgehead atoms. The molecule has 2 aromatic heterocycles. The van der Waals surface area contributed by atoms with Crippen LogP contribution in [-0.4, -0.2) is 42.1 Å². The molecule has 30 heavy (non-hydrogen) atoms. The molecule has 1 fully saturated rings.